The SMILES string of the molecule is C=CCOCCOC(=O)CCC(F)(F)F. The van der Waals surface area contributed by atoms with Crippen LogP contribution < -0.4 is 0 Å². The van der Waals surface area contributed by atoms with Crippen LogP contribution in [0.5, 0.6) is 0 Å². The van der Waals surface area contributed by atoms with Crippen molar-refractivity contribution in [1.82, 2.24) is 0 Å². The van der Waals surface area contributed by atoms with Crippen LogP contribution in [-0.2, 0) is 14.3 Å². The van der Waals surface area contributed by atoms with E-state index >= 15 is 0 Å². The largest absolute Gasteiger partial charge is 0.463 e. The summed E-state index contributed by atoms with van der Waals surface area (Å²) in [6.45, 7) is 3.83. The van der Waals surface area contributed by atoms with E-state index in [1.165, 1.54) is 6.08 Å². The molecule has 0 amide bonds. The molecular weight excluding hydrogens is 213 g/mol. The maximum Gasteiger partial charge on any atom is 0.389 e. The Balaban J connectivity index is 3.38. The molecule has 0 aromatic rings. The Morgan fingerprint density at radius 3 is 2.53 bits per heavy atom. The molecule has 0 aromatic heterocycles. The normalized spacial score (nSPS) is 11.1. The number of rotatable bonds is 7. The number of hydrogen-bond donors (Lipinski definition) is 0. The van der Waals surface area contributed by atoms with Crippen LogP contribution >= 0.6 is 0 Å². The van der Waals surface area contributed by atoms with Crippen molar-refractivity contribution in [3.8, 4) is 0 Å². The van der Waals surface area contributed by atoms with Crippen molar-refractivity contribution in [3.63, 3.8) is 0 Å². The zero-order valence-electron chi connectivity index (χ0n) is 8.18. The molecule has 0 rings (SSSR count). The highest BCUT2D eigenvalue weighted by Gasteiger charge is 2.28. The molecular formula is C9H13F3O3. The van der Waals surface area contributed by atoms with Gasteiger partial charge in [-0.05, 0) is 0 Å². The molecule has 0 saturated carbocycles. The van der Waals surface area contributed by atoms with Crippen LogP contribution in [0.1, 0.15) is 12.8 Å². The van der Waals surface area contributed by atoms with Crippen LogP contribution in [0, 0.1) is 0 Å². The average Bonchev–Trinajstić information content (AvgIpc) is 2.13. The molecule has 0 spiro atoms. The summed E-state index contributed by atoms with van der Waals surface area (Å²) in [6.07, 6.45) is -4.60. The van der Waals surface area contributed by atoms with Crippen LogP contribution in [0.2, 0.25) is 0 Å². The van der Waals surface area contributed by atoms with Crippen LogP contribution in [-0.4, -0.2) is 32.0 Å². The molecule has 0 radical (unpaired) electrons. The van der Waals surface area contributed by atoms with Crippen molar-refractivity contribution >= 4 is 5.97 Å². The molecule has 0 fully saturated rings. The Morgan fingerprint density at radius 1 is 1.33 bits per heavy atom. The van der Waals surface area contributed by atoms with E-state index in [9.17, 15) is 18.0 Å². The molecule has 88 valence electrons. The minimum Gasteiger partial charge on any atom is -0.463 e. The summed E-state index contributed by atoms with van der Waals surface area (Å²) in [5.41, 5.74) is 0. The molecule has 6 heteroatoms. The Kier molecular flexibility index (Phi) is 6.77. The Morgan fingerprint density at radius 2 is 2.00 bits per heavy atom. The zero-order valence-corrected chi connectivity index (χ0v) is 8.18. The van der Waals surface area contributed by atoms with Gasteiger partial charge in [-0.25, -0.2) is 0 Å². The van der Waals surface area contributed by atoms with E-state index in [0.29, 0.717) is 6.61 Å². The molecule has 0 bridgehead atoms. The van der Waals surface area contributed by atoms with Gasteiger partial charge in [0, 0.05) is 0 Å². The molecule has 0 aliphatic carbocycles. The van der Waals surface area contributed by atoms with E-state index in [4.69, 9.17) is 4.74 Å². The van der Waals surface area contributed by atoms with Crippen molar-refractivity contribution in [2.24, 2.45) is 0 Å². The Hall–Kier alpha value is -1.04. The number of hydrogen-bond acceptors (Lipinski definition) is 3. The third-order valence-corrected chi connectivity index (χ3v) is 1.34. The van der Waals surface area contributed by atoms with Gasteiger partial charge in [-0.2, -0.15) is 13.2 Å². The summed E-state index contributed by atoms with van der Waals surface area (Å²) in [7, 11) is 0. The fourth-order valence-corrected chi connectivity index (χ4v) is 0.697. The lowest BCUT2D eigenvalue weighted by Crippen LogP contribution is -2.15. The maximum atomic E-state index is 11.7. The minimum atomic E-state index is -4.32. The predicted octanol–water partition coefficient (Wildman–Crippen LogP) is 2.07. The first-order chi connectivity index (χ1) is 6.95. The quantitative estimate of drug-likeness (QED) is 0.378. The van der Waals surface area contributed by atoms with Gasteiger partial charge in [0.2, 0.25) is 0 Å². The second-order valence-electron chi connectivity index (χ2n) is 2.70. The van der Waals surface area contributed by atoms with Crippen molar-refractivity contribution in [2.45, 2.75) is 19.0 Å². The standard InChI is InChI=1S/C9H13F3O3/c1-2-5-14-6-7-15-8(13)3-4-9(10,11)12/h2H,1,3-7H2. The molecule has 0 saturated heterocycles. The molecule has 0 aromatic carbocycles. The summed E-state index contributed by atoms with van der Waals surface area (Å²) >= 11 is 0. The number of carbonyl (C=O) groups excluding carboxylic acids is 1. The minimum absolute atomic E-state index is 0.0372. The van der Waals surface area contributed by atoms with Gasteiger partial charge < -0.3 is 9.47 Å². The first-order valence-corrected chi connectivity index (χ1v) is 4.36. The molecule has 0 heterocycles. The lowest BCUT2D eigenvalue weighted by atomic mass is 10.3. The fraction of sp³-hybridized carbons (Fsp3) is 0.667. The van der Waals surface area contributed by atoms with E-state index in [1.807, 2.05) is 0 Å². The van der Waals surface area contributed by atoms with Crippen LogP contribution in [0.4, 0.5) is 13.2 Å². The highest BCUT2D eigenvalue weighted by molar-refractivity contribution is 5.69. The Labute approximate surface area is 85.9 Å². The van der Waals surface area contributed by atoms with E-state index in [1.54, 1.807) is 0 Å². The number of alkyl halides is 3. The lowest BCUT2D eigenvalue weighted by molar-refractivity contribution is -0.158. The smallest absolute Gasteiger partial charge is 0.389 e. The second kappa shape index (κ2) is 7.28. The molecule has 0 N–H and O–H groups in total. The van der Waals surface area contributed by atoms with E-state index in [-0.39, 0.29) is 13.2 Å². The third kappa shape index (κ3) is 10.9. The van der Waals surface area contributed by atoms with Crippen molar-refractivity contribution in [1.29, 1.82) is 0 Å². The van der Waals surface area contributed by atoms with Gasteiger partial charge in [-0.15, -0.1) is 6.58 Å². The summed E-state index contributed by atoms with van der Waals surface area (Å²) in [6, 6.07) is 0. The van der Waals surface area contributed by atoms with Crippen LogP contribution in [0.25, 0.3) is 0 Å². The third-order valence-electron chi connectivity index (χ3n) is 1.34. The summed E-state index contributed by atoms with van der Waals surface area (Å²) in [5, 5.41) is 0. The summed E-state index contributed by atoms with van der Waals surface area (Å²) in [5.74, 6) is -0.866. The molecule has 0 atom stereocenters. The molecule has 0 aliphatic heterocycles. The zero-order chi connectivity index (χ0) is 11.7. The van der Waals surface area contributed by atoms with Crippen molar-refractivity contribution in [2.75, 3.05) is 19.8 Å². The van der Waals surface area contributed by atoms with E-state index < -0.39 is 25.0 Å². The van der Waals surface area contributed by atoms with Crippen LogP contribution in [0.15, 0.2) is 12.7 Å². The maximum absolute atomic E-state index is 11.7. The number of carbonyl (C=O) groups is 1. The van der Waals surface area contributed by atoms with Crippen LogP contribution in [0.3, 0.4) is 0 Å². The van der Waals surface area contributed by atoms with Gasteiger partial charge >= 0.3 is 12.1 Å². The second-order valence-corrected chi connectivity index (χ2v) is 2.70. The van der Waals surface area contributed by atoms with Gasteiger partial charge in [0.25, 0.3) is 0 Å². The molecule has 0 unspecified atom stereocenters. The van der Waals surface area contributed by atoms with Gasteiger partial charge in [0.1, 0.15) is 6.61 Å². The summed E-state index contributed by atoms with van der Waals surface area (Å²) < 4.78 is 44.3. The van der Waals surface area contributed by atoms with Crippen molar-refractivity contribution in [3.05, 3.63) is 12.7 Å². The molecule has 15 heavy (non-hydrogen) atoms. The lowest BCUT2D eigenvalue weighted by Gasteiger charge is -2.06. The Bertz CT molecular complexity index is 201. The fourth-order valence-electron chi connectivity index (χ4n) is 0.697. The van der Waals surface area contributed by atoms with Gasteiger partial charge in [-0.1, -0.05) is 6.08 Å². The van der Waals surface area contributed by atoms with Gasteiger partial charge in [-0.3, -0.25) is 4.79 Å². The highest BCUT2D eigenvalue weighted by Crippen LogP contribution is 2.21. The predicted molar refractivity (Wildman–Crippen MR) is 47.3 cm³/mol. The molecule has 3 nitrogen and oxygen atoms in total. The number of ether oxygens (including phenoxy) is 2. The first kappa shape index (κ1) is 14.0. The first-order valence-electron chi connectivity index (χ1n) is 4.36. The van der Waals surface area contributed by atoms with Crippen molar-refractivity contribution < 1.29 is 27.4 Å². The highest BCUT2D eigenvalue weighted by atomic mass is 19.4. The topological polar surface area (TPSA) is 35.5 Å². The number of esters is 1. The monoisotopic (exact) mass is 226 g/mol. The number of halogens is 3. The average molecular weight is 226 g/mol. The van der Waals surface area contributed by atoms with Gasteiger partial charge in [0.15, 0.2) is 0 Å². The van der Waals surface area contributed by atoms with E-state index in [2.05, 4.69) is 11.3 Å². The van der Waals surface area contributed by atoms with Gasteiger partial charge in [0.05, 0.1) is 26.1 Å². The van der Waals surface area contributed by atoms with E-state index in [0.717, 1.165) is 0 Å². The molecule has 0 aliphatic rings. The summed E-state index contributed by atoms with van der Waals surface area (Å²) in [4.78, 5) is 10.7.